The zero-order valence-corrected chi connectivity index (χ0v) is 13.9. The number of nitrogens with zero attached hydrogens (tertiary/aromatic N) is 1. The fourth-order valence-electron chi connectivity index (χ4n) is 1.78. The Hall–Kier alpha value is -0.940. The van der Waals surface area contributed by atoms with Gasteiger partial charge in [-0.2, -0.15) is 0 Å². The molecule has 5 heteroatoms. The molecule has 2 aromatic rings. The first-order chi connectivity index (χ1) is 10.2. The number of hydrogen-bond donors (Lipinski definition) is 0. The second-order valence-electron chi connectivity index (χ2n) is 4.95. The molecule has 0 saturated carbocycles. The van der Waals surface area contributed by atoms with Crippen molar-refractivity contribution in [3.8, 4) is 10.6 Å². The van der Waals surface area contributed by atoms with Crippen LogP contribution >= 0.6 is 22.9 Å². The van der Waals surface area contributed by atoms with E-state index >= 15 is 0 Å². The summed E-state index contributed by atoms with van der Waals surface area (Å²) in [6.07, 6.45) is 0.254. The highest BCUT2D eigenvalue weighted by atomic mass is 35.5. The second-order valence-corrected chi connectivity index (χ2v) is 6.07. The van der Waals surface area contributed by atoms with Crippen LogP contribution in [0.1, 0.15) is 25.1 Å². The van der Waals surface area contributed by atoms with Crippen molar-refractivity contribution in [1.82, 2.24) is 4.98 Å². The van der Waals surface area contributed by atoms with Gasteiger partial charge in [-0.05, 0) is 19.4 Å². The molecule has 0 atom stereocenters. The van der Waals surface area contributed by atoms with E-state index in [1.165, 1.54) is 0 Å². The fourth-order valence-corrected chi connectivity index (χ4v) is 2.83. The van der Waals surface area contributed by atoms with E-state index in [2.05, 4.69) is 29.2 Å². The van der Waals surface area contributed by atoms with E-state index in [1.807, 2.05) is 19.2 Å². The van der Waals surface area contributed by atoms with Crippen molar-refractivity contribution < 1.29 is 9.47 Å². The van der Waals surface area contributed by atoms with Gasteiger partial charge in [-0.3, -0.25) is 0 Å². The summed E-state index contributed by atoms with van der Waals surface area (Å²) in [5.74, 6) is 0.459. The van der Waals surface area contributed by atoms with Gasteiger partial charge in [0.25, 0.3) is 0 Å². The van der Waals surface area contributed by atoms with E-state index in [9.17, 15) is 0 Å². The summed E-state index contributed by atoms with van der Waals surface area (Å²) >= 11 is 7.39. The molecule has 0 aliphatic rings. The number of benzene rings is 1. The molecule has 0 bridgehead atoms. The number of rotatable bonds is 8. The first-order valence-electron chi connectivity index (χ1n) is 6.98. The number of hydrogen-bond acceptors (Lipinski definition) is 4. The molecule has 0 fully saturated rings. The number of ether oxygens (including phenoxy) is 2. The Morgan fingerprint density at radius 1 is 1.19 bits per heavy atom. The van der Waals surface area contributed by atoms with Crippen molar-refractivity contribution in [2.45, 2.75) is 32.4 Å². The van der Waals surface area contributed by atoms with E-state index in [-0.39, 0.29) is 6.10 Å². The van der Waals surface area contributed by atoms with Crippen LogP contribution in [0.25, 0.3) is 10.6 Å². The van der Waals surface area contributed by atoms with Gasteiger partial charge in [-0.1, -0.05) is 24.3 Å². The molecule has 0 unspecified atom stereocenters. The molecular weight excluding hydrogens is 306 g/mol. The summed E-state index contributed by atoms with van der Waals surface area (Å²) in [6.45, 7) is 5.90. The van der Waals surface area contributed by atoms with E-state index < -0.39 is 0 Å². The lowest BCUT2D eigenvalue weighted by Crippen LogP contribution is -2.09. The summed E-state index contributed by atoms with van der Waals surface area (Å²) in [7, 11) is 0. The molecule has 0 amide bonds. The predicted molar refractivity (Wildman–Crippen MR) is 87.9 cm³/mol. The lowest BCUT2D eigenvalue weighted by atomic mass is 10.1. The van der Waals surface area contributed by atoms with Crippen LogP contribution in [0, 0.1) is 0 Å². The van der Waals surface area contributed by atoms with Gasteiger partial charge in [0.15, 0.2) is 0 Å². The molecule has 3 nitrogen and oxygen atoms in total. The topological polar surface area (TPSA) is 31.4 Å². The Morgan fingerprint density at radius 3 is 2.57 bits per heavy atom. The van der Waals surface area contributed by atoms with Gasteiger partial charge in [0.1, 0.15) is 5.01 Å². The van der Waals surface area contributed by atoms with E-state index in [0.29, 0.717) is 25.7 Å². The molecule has 0 saturated heterocycles. The van der Waals surface area contributed by atoms with Gasteiger partial charge in [0.2, 0.25) is 0 Å². The third-order valence-corrected chi connectivity index (χ3v) is 4.05. The lowest BCUT2D eigenvalue weighted by molar-refractivity contribution is 0.0143. The van der Waals surface area contributed by atoms with Gasteiger partial charge >= 0.3 is 0 Å². The number of alkyl halides is 1. The molecule has 0 spiro atoms. The van der Waals surface area contributed by atoms with Crippen LogP contribution in [0.15, 0.2) is 29.6 Å². The van der Waals surface area contributed by atoms with Crippen LogP contribution < -0.4 is 0 Å². The molecule has 2 rings (SSSR count). The molecular formula is C16H20ClNO2S. The highest BCUT2D eigenvalue weighted by molar-refractivity contribution is 7.13. The van der Waals surface area contributed by atoms with Crippen LogP contribution in [0.2, 0.25) is 0 Å². The van der Waals surface area contributed by atoms with Crippen molar-refractivity contribution >= 4 is 22.9 Å². The van der Waals surface area contributed by atoms with Gasteiger partial charge in [0.05, 0.1) is 37.5 Å². The van der Waals surface area contributed by atoms with Crippen molar-refractivity contribution in [2.75, 3.05) is 13.2 Å². The monoisotopic (exact) mass is 325 g/mol. The maximum absolute atomic E-state index is 5.77. The third-order valence-electron chi connectivity index (χ3n) is 2.84. The van der Waals surface area contributed by atoms with Crippen molar-refractivity contribution in [3.05, 3.63) is 40.9 Å². The van der Waals surface area contributed by atoms with Gasteiger partial charge in [-0.15, -0.1) is 22.9 Å². The van der Waals surface area contributed by atoms with Crippen LogP contribution in [0.4, 0.5) is 0 Å². The lowest BCUT2D eigenvalue weighted by Gasteiger charge is -2.08. The first kappa shape index (κ1) is 16.4. The summed E-state index contributed by atoms with van der Waals surface area (Å²) < 4.78 is 11.0. The number of halogens is 1. The van der Waals surface area contributed by atoms with Gasteiger partial charge in [-0.25, -0.2) is 4.98 Å². The highest BCUT2D eigenvalue weighted by Crippen LogP contribution is 2.24. The summed E-state index contributed by atoms with van der Waals surface area (Å²) in [4.78, 5) is 4.47. The van der Waals surface area contributed by atoms with Crippen molar-refractivity contribution in [1.29, 1.82) is 0 Å². The fraction of sp³-hybridized carbons (Fsp3) is 0.438. The van der Waals surface area contributed by atoms with Crippen LogP contribution in [0.3, 0.4) is 0 Å². The minimum absolute atomic E-state index is 0.254. The number of aromatic nitrogens is 1. The summed E-state index contributed by atoms with van der Waals surface area (Å²) in [5, 5.41) is 3.00. The molecule has 114 valence electrons. The highest BCUT2D eigenvalue weighted by Gasteiger charge is 2.04. The molecule has 0 aliphatic carbocycles. The minimum Gasteiger partial charge on any atom is -0.376 e. The third kappa shape index (κ3) is 5.40. The van der Waals surface area contributed by atoms with E-state index in [0.717, 1.165) is 21.8 Å². The van der Waals surface area contributed by atoms with E-state index in [4.69, 9.17) is 21.1 Å². The van der Waals surface area contributed by atoms with Crippen LogP contribution in [0.5, 0.6) is 0 Å². The van der Waals surface area contributed by atoms with Crippen molar-refractivity contribution in [2.24, 2.45) is 0 Å². The van der Waals surface area contributed by atoms with Crippen LogP contribution in [-0.4, -0.2) is 24.3 Å². The quantitative estimate of drug-likeness (QED) is 0.529. The minimum atomic E-state index is 0.254. The van der Waals surface area contributed by atoms with Gasteiger partial charge < -0.3 is 9.47 Å². The predicted octanol–water partition coefficient (Wildman–Crippen LogP) is 4.49. The molecule has 1 aromatic carbocycles. The average molecular weight is 326 g/mol. The zero-order valence-electron chi connectivity index (χ0n) is 12.3. The smallest absolute Gasteiger partial charge is 0.123 e. The molecule has 0 radical (unpaired) electrons. The van der Waals surface area contributed by atoms with E-state index in [1.54, 1.807) is 11.3 Å². The largest absolute Gasteiger partial charge is 0.376 e. The summed E-state index contributed by atoms with van der Waals surface area (Å²) in [6, 6.07) is 8.28. The maximum Gasteiger partial charge on any atom is 0.123 e. The summed E-state index contributed by atoms with van der Waals surface area (Å²) in [5.41, 5.74) is 3.19. The Kier molecular flexibility index (Phi) is 6.64. The molecule has 1 heterocycles. The normalized spacial score (nSPS) is 11.2. The van der Waals surface area contributed by atoms with Crippen LogP contribution in [-0.2, 0) is 22.0 Å². The molecule has 0 aliphatic heterocycles. The van der Waals surface area contributed by atoms with Gasteiger partial charge in [0, 0.05) is 10.9 Å². The standard InChI is InChI=1S/C16H20ClNO2S/c1-12(2)20-8-7-19-10-13-3-5-14(6-4-13)16-18-15(9-17)11-21-16/h3-6,11-12H,7-10H2,1-2H3. The Labute approximate surface area is 134 Å². The Bertz CT molecular complexity index is 539. The Balaban J connectivity index is 1.81. The SMILES string of the molecule is CC(C)OCCOCc1ccc(-c2nc(CCl)cs2)cc1. The number of thiazole rings is 1. The molecule has 21 heavy (non-hydrogen) atoms. The average Bonchev–Trinajstić information content (AvgIpc) is 2.96. The second kappa shape index (κ2) is 8.49. The Morgan fingerprint density at radius 2 is 1.95 bits per heavy atom. The first-order valence-corrected chi connectivity index (χ1v) is 8.39. The van der Waals surface area contributed by atoms with Crippen molar-refractivity contribution in [3.63, 3.8) is 0 Å². The molecule has 0 N–H and O–H groups in total. The maximum atomic E-state index is 5.77. The molecule has 1 aromatic heterocycles. The zero-order chi connectivity index (χ0) is 15.1.